The molecule has 0 saturated heterocycles. The molecule has 0 amide bonds. The van der Waals surface area contributed by atoms with Gasteiger partial charge in [0.25, 0.3) is 0 Å². The van der Waals surface area contributed by atoms with Gasteiger partial charge in [0.05, 0.1) is 10.7 Å². The van der Waals surface area contributed by atoms with Crippen molar-refractivity contribution in [2.45, 2.75) is 52.9 Å². The van der Waals surface area contributed by atoms with Crippen LogP contribution in [-0.4, -0.2) is 18.1 Å². The molecule has 0 unspecified atom stereocenters. The first kappa shape index (κ1) is 15.4. The van der Waals surface area contributed by atoms with E-state index in [1.807, 2.05) is 0 Å². The first-order chi connectivity index (χ1) is 8.43. The molecule has 1 heterocycles. The van der Waals surface area contributed by atoms with Crippen LogP contribution in [0.2, 0.25) is 0 Å². The summed E-state index contributed by atoms with van der Waals surface area (Å²) in [5.74, 6) is 0. The molecule has 102 valence electrons. The molecule has 0 aliphatic heterocycles. The highest BCUT2D eigenvalue weighted by Gasteiger charge is 2.17. The molecule has 0 atom stereocenters. The van der Waals surface area contributed by atoms with Gasteiger partial charge in [-0.1, -0.05) is 39.3 Å². The van der Waals surface area contributed by atoms with Gasteiger partial charge >= 0.3 is 0 Å². The normalized spacial score (nSPS) is 13.1. The summed E-state index contributed by atoms with van der Waals surface area (Å²) in [6, 6.07) is 0. The van der Waals surface area contributed by atoms with Gasteiger partial charge in [0.1, 0.15) is 0 Å². The van der Waals surface area contributed by atoms with Crippen molar-refractivity contribution in [3.63, 3.8) is 0 Å². The summed E-state index contributed by atoms with van der Waals surface area (Å²) in [4.78, 5) is 4.73. The molecular weight excluding hydrogens is 240 g/mol. The fourth-order valence-corrected chi connectivity index (χ4v) is 2.76. The lowest BCUT2D eigenvalue weighted by molar-refractivity contribution is 0.571. The Kier molecular flexibility index (Phi) is 6.03. The Morgan fingerprint density at radius 3 is 2.72 bits per heavy atom. The van der Waals surface area contributed by atoms with Crippen LogP contribution in [0.1, 0.15) is 51.7 Å². The summed E-state index contributed by atoms with van der Waals surface area (Å²) in [6.07, 6.45) is 4.42. The maximum Gasteiger partial charge on any atom is 0.0968 e. The Morgan fingerprint density at radius 1 is 1.44 bits per heavy atom. The SMILES string of the molecule is CCNCCC=C(C)Cc1nc(C(C)(C)C)cs1. The zero-order chi connectivity index (χ0) is 13.6. The first-order valence-electron chi connectivity index (χ1n) is 6.74. The largest absolute Gasteiger partial charge is 0.317 e. The van der Waals surface area contributed by atoms with Crippen molar-refractivity contribution < 1.29 is 0 Å². The van der Waals surface area contributed by atoms with Crippen LogP contribution in [0.3, 0.4) is 0 Å². The van der Waals surface area contributed by atoms with Gasteiger partial charge in [-0.2, -0.15) is 0 Å². The van der Waals surface area contributed by atoms with E-state index in [1.54, 1.807) is 11.3 Å². The second kappa shape index (κ2) is 7.05. The molecule has 3 heteroatoms. The molecule has 18 heavy (non-hydrogen) atoms. The highest BCUT2D eigenvalue weighted by atomic mass is 32.1. The van der Waals surface area contributed by atoms with Gasteiger partial charge in [0.15, 0.2) is 0 Å². The van der Waals surface area contributed by atoms with Crippen molar-refractivity contribution in [2.24, 2.45) is 0 Å². The Balaban J connectivity index is 2.49. The predicted octanol–water partition coefficient (Wildman–Crippen LogP) is 3.93. The van der Waals surface area contributed by atoms with Crippen LogP contribution in [0.15, 0.2) is 17.0 Å². The molecule has 0 aromatic carbocycles. The van der Waals surface area contributed by atoms with E-state index >= 15 is 0 Å². The third-order valence-corrected chi connectivity index (χ3v) is 3.66. The number of nitrogens with one attached hydrogen (secondary N) is 1. The van der Waals surface area contributed by atoms with Crippen molar-refractivity contribution in [1.29, 1.82) is 0 Å². The zero-order valence-corrected chi connectivity index (χ0v) is 13.2. The Labute approximate surface area is 116 Å². The molecule has 0 fully saturated rings. The number of rotatable bonds is 6. The smallest absolute Gasteiger partial charge is 0.0968 e. The van der Waals surface area contributed by atoms with Crippen molar-refractivity contribution in [2.75, 3.05) is 13.1 Å². The maximum absolute atomic E-state index is 4.73. The van der Waals surface area contributed by atoms with E-state index in [4.69, 9.17) is 4.98 Å². The summed E-state index contributed by atoms with van der Waals surface area (Å²) < 4.78 is 0. The highest BCUT2D eigenvalue weighted by molar-refractivity contribution is 7.09. The first-order valence-corrected chi connectivity index (χ1v) is 7.62. The summed E-state index contributed by atoms with van der Waals surface area (Å²) in [5.41, 5.74) is 2.79. The van der Waals surface area contributed by atoms with Gasteiger partial charge in [-0.15, -0.1) is 11.3 Å². The third-order valence-electron chi connectivity index (χ3n) is 2.81. The van der Waals surface area contributed by atoms with Gasteiger partial charge < -0.3 is 5.32 Å². The lowest BCUT2D eigenvalue weighted by Gasteiger charge is -2.14. The number of hydrogen-bond acceptors (Lipinski definition) is 3. The number of nitrogens with zero attached hydrogens (tertiary/aromatic N) is 1. The fraction of sp³-hybridized carbons (Fsp3) is 0.667. The van der Waals surface area contributed by atoms with Gasteiger partial charge in [-0.25, -0.2) is 4.98 Å². The molecule has 1 N–H and O–H groups in total. The van der Waals surface area contributed by atoms with Crippen LogP contribution in [0.4, 0.5) is 0 Å². The van der Waals surface area contributed by atoms with E-state index in [1.165, 1.54) is 16.3 Å². The molecule has 1 rings (SSSR count). The molecule has 1 aromatic heterocycles. The highest BCUT2D eigenvalue weighted by Crippen LogP contribution is 2.24. The van der Waals surface area contributed by atoms with Gasteiger partial charge in [0, 0.05) is 17.2 Å². The predicted molar refractivity (Wildman–Crippen MR) is 81.4 cm³/mol. The molecule has 0 aliphatic rings. The monoisotopic (exact) mass is 266 g/mol. The zero-order valence-electron chi connectivity index (χ0n) is 12.3. The van der Waals surface area contributed by atoms with Crippen LogP contribution in [0.25, 0.3) is 0 Å². The molecule has 0 aliphatic carbocycles. The Bertz CT molecular complexity index is 385. The number of thiazole rings is 1. The van der Waals surface area contributed by atoms with Gasteiger partial charge in [-0.05, 0) is 26.4 Å². The minimum Gasteiger partial charge on any atom is -0.317 e. The Morgan fingerprint density at radius 2 is 2.17 bits per heavy atom. The fourth-order valence-electron chi connectivity index (χ4n) is 1.64. The standard InChI is InChI=1S/C15H26N2S/c1-6-16-9-7-8-12(2)10-14-17-13(11-18-14)15(3,4)5/h8,11,16H,6-7,9-10H2,1-5H3. The number of allylic oxidation sites excluding steroid dienone is 1. The number of hydrogen-bond donors (Lipinski definition) is 1. The van der Waals surface area contributed by atoms with Crippen LogP contribution >= 0.6 is 11.3 Å². The van der Waals surface area contributed by atoms with Crippen molar-refractivity contribution in [3.05, 3.63) is 27.7 Å². The lowest BCUT2D eigenvalue weighted by atomic mass is 9.93. The second-order valence-corrected chi connectivity index (χ2v) is 6.69. The van der Waals surface area contributed by atoms with Gasteiger partial charge in [-0.3, -0.25) is 0 Å². The van der Waals surface area contributed by atoms with Crippen molar-refractivity contribution in [3.8, 4) is 0 Å². The van der Waals surface area contributed by atoms with Crippen LogP contribution in [0.5, 0.6) is 0 Å². The van der Waals surface area contributed by atoms with Crippen molar-refractivity contribution >= 4 is 11.3 Å². The van der Waals surface area contributed by atoms with Crippen LogP contribution in [-0.2, 0) is 11.8 Å². The summed E-state index contributed by atoms with van der Waals surface area (Å²) in [6.45, 7) is 13.1. The topological polar surface area (TPSA) is 24.9 Å². The van der Waals surface area contributed by atoms with Crippen LogP contribution < -0.4 is 5.32 Å². The quantitative estimate of drug-likeness (QED) is 0.623. The maximum atomic E-state index is 4.73. The lowest BCUT2D eigenvalue weighted by Crippen LogP contribution is -2.13. The van der Waals surface area contributed by atoms with Gasteiger partial charge in [0.2, 0.25) is 0 Å². The van der Waals surface area contributed by atoms with E-state index in [2.05, 4.69) is 51.4 Å². The number of aromatic nitrogens is 1. The van der Waals surface area contributed by atoms with Crippen LogP contribution in [0, 0.1) is 0 Å². The van der Waals surface area contributed by atoms with E-state index in [-0.39, 0.29) is 5.41 Å². The molecule has 1 aromatic rings. The minimum atomic E-state index is 0.164. The average molecular weight is 266 g/mol. The molecule has 0 saturated carbocycles. The molecule has 0 radical (unpaired) electrons. The molecular formula is C15H26N2S. The minimum absolute atomic E-state index is 0.164. The third kappa shape index (κ3) is 5.32. The summed E-state index contributed by atoms with van der Waals surface area (Å²) in [7, 11) is 0. The van der Waals surface area contributed by atoms with E-state index in [0.717, 1.165) is 25.9 Å². The molecule has 0 bridgehead atoms. The summed E-state index contributed by atoms with van der Waals surface area (Å²) in [5, 5.41) is 6.76. The second-order valence-electron chi connectivity index (χ2n) is 5.75. The van der Waals surface area contributed by atoms with E-state index in [0.29, 0.717) is 0 Å². The Hall–Kier alpha value is -0.670. The molecule has 0 spiro atoms. The molecule has 2 nitrogen and oxygen atoms in total. The van der Waals surface area contributed by atoms with Crippen molar-refractivity contribution in [1.82, 2.24) is 10.3 Å². The average Bonchev–Trinajstić information content (AvgIpc) is 2.72. The van der Waals surface area contributed by atoms with E-state index < -0.39 is 0 Å². The summed E-state index contributed by atoms with van der Waals surface area (Å²) >= 11 is 1.78. The van der Waals surface area contributed by atoms with E-state index in [9.17, 15) is 0 Å².